The largest absolute Gasteiger partial charge is 0.310 e. The Bertz CT molecular complexity index is 617. The number of nitrogens with one attached hydrogen (secondary N) is 1. The molecule has 0 amide bonds. The number of hydrogen-bond acceptors (Lipinski definition) is 4. The zero-order valence-electron chi connectivity index (χ0n) is 11.6. The summed E-state index contributed by atoms with van der Waals surface area (Å²) in [6.07, 6.45) is 3.55. The average molecular weight is 289 g/mol. The van der Waals surface area contributed by atoms with E-state index in [2.05, 4.69) is 10.3 Å². The Morgan fingerprint density at radius 1 is 1.33 bits per heavy atom. The predicted octanol–water partition coefficient (Wildman–Crippen LogP) is 3.02. The third-order valence-corrected chi connectivity index (χ3v) is 3.24. The molecule has 0 aliphatic heterocycles. The van der Waals surface area contributed by atoms with Crippen LogP contribution in [0.25, 0.3) is 0 Å². The number of pyridine rings is 1. The molecule has 1 unspecified atom stereocenters. The van der Waals surface area contributed by atoms with Gasteiger partial charge in [0.15, 0.2) is 0 Å². The highest BCUT2D eigenvalue weighted by atomic mass is 19.1. The first-order valence-corrected chi connectivity index (χ1v) is 6.63. The molecule has 21 heavy (non-hydrogen) atoms. The summed E-state index contributed by atoms with van der Waals surface area (Å²) in [7, 11) is 0. The van der Waals surface area contributed by atoms with Gasteiger partial charge < -0.3 is 5.32 Å². The Balaban J connectivity index is 1.85. The standard InChI is InChI=1S/C15H16FN3O2/c1-11(13-8-14(16)10-17-9-13)18-7-6-12-2-4-15(5-3-12)19(20)21/h2-5,8-11,18H,6-7H2,1H3. The molecule has 1 N–H and O–H groups in total. The molecule has 1 aromatic heterocycles. The van der Waals surface area contributed by atoms with Crippen LogP contribution in [-0.4, -0.2) is 16.5 Å². The first-order chi connectivity index (χ1) is 10.1. The van der Waals surface area contributed by atoms with E-state index < -0.39 is 4.92 Å². The third-order valence-electron chi connectivity index (χ3n) is 3.24. The van der Waals surface area contributed by atoms with Crippen molar-refractivity contribution in [3.63, 3.8) is 0 Å². The van der Waals surface area contributed by atoms with Gasteiger partial charge in [0.05, 0.1) is 11.1 Å². The molecule has 0 aliphatic rings. The van der Waals surface area contributed by atoms with Gasteiger partial charge in [-0.2, -0.15) is 0 Å². The van der Waals surface area contributed by atoms with Crippen LogP contribution in [0, 0.1) is 15.9 Å². The molecule has 0 bridgehead atoms. The molecular formula is C15H16FN3O2. The Labute approximate surface area is 122 Å². The van der Waals surface area contributed by atoms with E-state index in [1.165, 1.54) is 24.4 Å². The van der Waals surface area contributed by atoms with Crippen LogP contribution in [0.4, 0.5) is 10.1 Å². The first-order valence-electron chi connectivity index (χ1n) is 6.63. The molecule has 1 aromatic carbocycles. The van der Waals surface area contributed by atoms with Gasteiger partial charge in [-0.05, 0) is 37.1 Å². The Kier molecular flexibility index (Phi) is 4.94. The molecule has 0 fully saturated rings. The van der Waals surface area contributed by atoms with Gasteiger partial charge in [0.1, 0.15) is 5.82 Å². The topological polar surface area (TPSA) is 68.1 Å². The lowest BCUT2D eigenvalue weighted by Crippen LogP contribution is -2.21. The van der Waals surface area contributed by atoms with E-state index in [1.807, 2.05) is 6.92 Å². The fourth-order valence-corrected chi connectivity index (χ4v) is 2.00. The maximum atomic E-state index is 13.1. The summed E-state index contributed by atoms with van der Waals surface area (Å²) >= 11 is 0. The number of benzene rings is 1. The summed E-state index contributed by atoms with van der Waals surface area (Å²) in [5, 5.41) is 13.8. The average Bonchev–Trinajstić information content (AvgIpc) is 2.47. The monoisotopic (exact) mass is 289 g/mol. The molecule has 1 atom stereocenters. The molecule has 0 saturated carbocycles. The van der Waals surface area contributed by atoms with Crippen LogP contribution in [0.3, 0.4) is 0 Å². The van der Waals surface area contributed by atoms with Crippen molar-refractivity contribution in [1.82, 2.24) is 10.3 Å². The minimum Gasteiger partial charge on any atom is -0.310 e. The van der Waals surface area contributed by atoms with E-state index in [-0.39, 0.29) is 17.5 Å². The van der Waals surface area contributed by atoms with Crippen molar-refractivity contribution in [1.29, 1.82) is 0 Å². The van der Waals surface area contributed by atoms with Gasteiger partial charge in [-0.1, -0.05) is 12.1 Å². The highest BCUT2D eigenvalue weighted by molar-refractivity contribution is 5.33. The number of nitro benzene ring substituents is 1. The molecule has 6 heteroatoms. The molecule has 2 rings (SSSR count). The lowest BCUT2D eigenvalue weighted by atomic mass is 10.1. The lowest BCUT2D eigenvalue weighted by Gasteiger charge is -2.13. The Morgan fingerprint density at radius 3 is 2.67 bits per heavy atom. The second kappa shape index (κ2) is 6.90. The van der Waals surface area contributed by atoms with Crippen LogP contribution in [0.15, 0.2) is 42.7 Å². The van der Waals surface area contributed by atoms with Gasteiger partial charge in [-0.15, -0.1) is 0 Å². The Hall–Kier alpha value is -2.34. The van der Waals surface area contributed by atoms with E-state index in [0.29, 0.717) is 6.54 Å². The minimum absolute atomic E-state index is 0.00810. The smallest absolute Gasteiger partial charge is 0.269 e. The van der Waals surface area contributed by atoms with Crippen molar-refractivity contribution in [3.05, 3.63) is 69.8 Å². The van der Waals surface area contributed by atoms with Gasteiger partial charge in [0, 0.05) is 24.4 Å². The number of halogens is 1. The second-order valence-electron chi connectivity index (χ2n) is 4.79. The van der Waals surface area contributed by atoms with Crippen LogP contribution < -0.4 is 5.32 Å². The summed E-state index contributed by atoms with van der Waals surface area (Å²) in [6.45, 7) is 2.63. The van der Waals surface area contributed by atoms with Gasteiger partial charge in [-0.3, -0.25) is 15.1 Å². The number of nitro groups is 1. The molecule has 1 heterocycles. The van der Waals surface area contributed by atoms with Crippen LogP contribution >= 0.6 is 0 Å². The predicted molar refractivity (Wildman–Crippen MR) is 77.4 cm³/mol. The fourth-order valence-electron chi connectivity index (χ4n) is 2.00. The van der Waals surface area contributed by atoms with Crippen molar-refractivity contribution in [2.45, 2.75) is 19.4 Å². The number of rotatable bonds is 6. The molecule has 110 valence electrons. The van der Waals surface area contributed by atoms with Crippen molar-refractivity contribution in [2.24, 2.45) is 0 Å². The number of nitrogens with zero attached hydrogens (tertiary/aromatic N) is 2. The number of aromatic nitrogens is 1. The van der Waals surface area contributed by atoms with Crippen molar-refractivity contribution < 1.29 is 9.31 Å². The van der Waals surface area contributed by atoms with E-state index in [4.69, 9.17) is 0 Å². The van der Waals surface area contributed by atoms with Gasteiger partial charge in [0.25, 0.3) is 5.69 Å². The summed E-state index contributed by atoms with van der Waals surface area (Å²) < 4.78 is 13.1. The summed E-state index contributed by atoms with van der Waals surface area (Å²) in [5.74, 6) is -0.350. The molecular weight excluding hydrogens is 273 g/mol. The molecule has 0 aliphatic carbocycles. The van der Waals surface area contributed by atoms with Gasteiger partial charge in [0.2, 0.25) is 0 Å². The van der Waals surface area contributed by atoms with Gasteiger partial charge >= 0.3 is 0 Å². The van der Waals surface area contributed by atoms with Crippen LogP contribution in [-0.2, 0) is 6.42 Å². The highest BCUT2D eigenvalue weighted by Gasteiger charge is 2.07. The molecule has 0 saturated heterocycles. The highest BCUT2D eigenvalue weighted by Crippen LogP contribution is 2.14. The maximum Gasteiger partial charge on any atom is 0.269 e. The third kappa shape index (κ3) is 4.32. The maximum absolute atomic E-state index is 13.1. The van der Waals surface area contributed by atoms with Crippen LogP contribution in [0.5, 0.6) is 0 Å². The molecule has 0 radical (unpaired) electrons. The molecule has 2 aromatic rings. The fraction of sp³-hybridized carbons (Fsp3) is 0.267. The zero-order valence-corrected chi connectivity index (χ0v) is 11.6. The number of non-ortho nitro benzene ring substituents is 1. The zero-order chi connectivity index (χ0) is 15.2. The van der Waals surface area contributed by atoms with Crippen LogP contribution in [0.1, 0.15) is 24.1 Å². The minimum atomic E-state index is -0.416. The summed E-state index contributed by atoms with van der Waals surface area (Å²) in [4.78, 5) is 14.0. The van der Waals surface area contributed by atoms with Crippen LogP contribution in [0.2, 0.25) is 0 Å². The van der Waals surface area contributed by atoms with Crippen molar-refractivity contribution in [3.8, 4) is 0 Å². The van der Waals surface area contributed by atoms with Crippen molar-refractivity contribution in [2.75, 3.05) is 6.54 Å². The Morgan fingerprint density at radius 2 is 2.05 bits per heavy atom. The molecule has 0 spiro atoms. The van der Waals surface area contributed by atoms with Crippen molar-refractivity contribution >= 4 is 5.69 Å². The van der Waals surface area contributed by atoms with E-state index in [9.17, 15) is 14.5 Å². The first kappa shape index (κ1) is 15.1. The SMILES string of the molecule is CC(NCCc1ccc([N+](=O)[O-])cc1)c1cncc(F)c1. The summed E-state index contributed by atoms with van der Waals surface area (Å²) in [6, 6.07) is 7.93. The van der Waals surface area contributed by atoms with E-state index >= 15 is 0 Å². The second-order valence-corrected chi connectivity index (χ2v) is 4.79. The lowest BCUT2D eigenvalue weighted by molar-refractivity contribution is -0.384. The van der Waals surface area contributed by atoms with Gasteiger partial charge in [-0.25, -0.2) is 4.39 Å². The van der Waals surface area contributed by atoms with E-state index in [0.717, 1.165) is 17.5 Å². The number of hydrogen-bond donors (Lipinski definition) is 1. The summed E-state index contributed by atoms with van der Waals surface area (Å²) in [5.41, 5.74) is 1.89. The normalized spacial score (nSPS) is 12.1. The molecule has 5 nitrogen and oxygen atoms in total. The van der Waals surface area contributed by atoms with E-state index in [1.54, 1.807) is 18.3 Å². The quantitative estimate of drug-likeness (QED) is 0.655.